The summed E-state index contributed by atoms with van der Waals surface area (Å²) in [6.07, 6.45) is 25.6. The predicted octanol–water partition coefficient (Wildman–Crippen LogP) is 13.9. The van der Waals surface area contributed by atoms with Crippen molar-refractivity contribution in [3.8, 4) is 0 Å². The Bertz CT molecular complexity index is 638. The van der Waals surface area contributed by atoms with E-state index in [1.54, 1.807) is 12.8 Å². The Morgan fingerprint density at radius 1 is 0.634 bits per heavy atom. The average molecular weight is 573 g/mol. The van der Waals surface area contributed by atoms with Crippen LogP contribution in [0.3, 0.4) is 0 Å². The molecular weight excluding hydrogens is 492 g/mol. The quantitative estimate of drug-likeness (QED) is 0.183. The van der Waals surface area contributed by atoms with Gasteiger partial charge < -0.3 is 0 Å². The van der Waals surface area contributed by atoms with Gasteiger partial charge >= 0.3 is 0 Å². The van der Waals surface area contributed by atoms with Crippen LogP contribution in [0.25, 0.3) is 0 Å². The first-order valence-electron chi connectivity index (χ1n) is 19.7. The lowest BCUT2D eigenvalue weighted by Crippen LogP contribution is -2.31. The lowest BCUT2D eigenvalue weighted by Gasteiger charge is -2.40. The highest BCUT2D eigenvalue weighted by Crippen LogP contribution is 2.49. The van der Waals surface area contributed by atoms with Gasteiger partial charge in [-0.15, -0.1) is 0 Å². The fraction of sp³-hybridized carbons (Fsp3) is 1.00. The number of hydrogen-bond acceptors (Lipinski definition) is 0. The first kappa shape index (κ1) is 37.2. The van der Waals surface area contributed by atoms with E-state index < -0.39 is 0 Å². The third-order valence-corrected chi connectivity index (χ3v) is 13.3. The minimum Gasteiger partial charge on any atom is -0.0683 e. The molecule has 3 aliphatic carbocycles. The van der Waals surface area contributed by atoms with Gasteiger partial charge in [-0.05, 0) is 128 Å². The van der Waals surface area contributed by atoms with Crippen LogP contribution in [0, 0.1) is 76.9 Å². The highest BCUT2D eigenvalue weighted by atomic mass is 14.4. The Morgan fingerprint density at radius 2 is 1.24 bits per heavy atom. The summed E-state index contributed by atoms with van der Waals surface area (Å²) in [4.78, 5) is 0. The molecule has 0 N–H and O–H groups in total. The SMILES string of the molecule is CC.CCC1CCC(CCC(CC(C)C)C(CC)C2CCC(C(CC)CC(C)C3CCC(C)C(C(C)C)C3)C2)CC1. The summed E-state index contributed by atoms with van der Waals surface area (Å²) in [7, 11) is 0. The maximum absolute atomic E-state index is 2.65. The van der Waals surface area contributed by atoms with Crippen LogP contribution in [0.15, 0.2) is 0 Å². The first-order chi connectivity index (χ1) is 19.7. The topological polar surface area (TPSA) is 0 Å². The second-order valence-electron chi connectivity index (χ2n) is 16.5. The molecule has 0 saturated heterocycles. The Balaban J connectivity index is 0.00000287. The van der Waals surface area contributed by atoms with Crippen LogP contribution in [0.2, 0.25) is 0 Å². The largest absolute Gasteiger partial charge is 0.0683 e. The predicted molar refractivity (Wildman–Crippen MR) is 186 cm³/mol. The Hall–Kier alpha value is 0. The second kappa shape index (κ2) is 19.4. The average Bonchev–Trinajstić information content (AvgIpc) is 3.45. The molecule has 3 fully saturated rings. The van der Waals surface area contributed by atoms with E-state index in [0.717, 1.165) is 76.9 Å². The van der Waals surface area contributed by atoms with Gasteiger partial charge in [0.15, 0.2) is 0 Å². The molecule has 0 aromatic heterocycles. The zero-order chi connectivity index (χ0) is 30.5. The summed E-state index contributed by atoms with van der Waals surface area (Å²) in [5.41, 5.74) is 0. The molecule has 244 valence electrons. The highest BCUT2D eigenvalue weighted by Gasteiger charge is 2.39. The fourth-order valence-electron chi connectivity index (χ4n) is 10.6. The molecule has 0 heteroatoms. The molecule has 41 heavy (non-hydrogen) atoms. The molecule has 3 saturated carbocycles. The summed E-state index contributed by atoms with van der Waals surface area (Å²) < 4.78 is 0. The summed E-state index contributed by atoms with van der Waals surface area (Å²) in [6.45, 7) is 26.6. The lowest BCUT2D eigenvalue weighted by molar-refractivity contribution is 0.0993. The van der Waals surface area contributed by atoms with Gasteiger partial charge in [0.25, 0.3) is 0 Å². The smallest absolute Gasteiger partial charge is 0.0360 e. The summed E-state index contributed by atoms with van der Waals surface area (Å²) in [5.74, 6) is 12.6. The molecule has 0 spiro atoms. The fourth-order valence-corrected chi connectivity index (χ4v) is 10.6. The first-order valence-corrected chi connectivity index (χ1v) is 19.7. The Morgan fingerprint density at radius 3 is 1.80 bits per heavy atom. The zero-order valence-electron chi connectivity index (χ0n) is 30.5. The van der Waals surface area contributed by atoms with Crippen molar-refractivity contribution in [2.45, 2.75) is 185 Å². The monoisotopic (exact) mass is 573 g/mol. The van der Waals surface area contributed by atoms with E-state index in [1.807, 2.05) is 13.8 Å². The van der Waals surface area contributed by atoms with Crippen LogP contribution >= 0.6 is 0 Å². The third-order valence-electron chi connectivity index (χ3n) is 13.3. The lowest BCUT2D eigenvalue weighted by atomic mass is 9.65. The van der Waals surface area contributed by atoms with Crippen LogP contribution in [0.5, 0.6) is 0 Å². The van der Waals surface area contributed by atoms with Gasteiger partial charge in [0.2, 0.25) is 0 Å². The van der Waals surface area contributed by atoms with Crippen molar-refractivity contribution in [1.29, 1.82) is 0 Å². The standard InChI is InChI=1S/C39H74.C2H6/c1-10-31-14-16-32(17-15-31)18-20-36(23-27(4)5)38(12-3)37-22-21-35(25-37)33(11-2)24-30(9)34-19-13-29(8)39(26-34)28(6)7;1-2/h27-39H,10-26H2,1-9H3;1-2H3. The minimum absolute atomic E-state index is 0.856. The molecular formula is C41H80. The molecule has 0 heterocycles. The molecule has 0 aromatic carbocycles. The molecule has 0 radical (unpaired) electrons. The highest BCUT2D eigenvalue weighted by molar-refractivity contribution is 4.89. The molecule has 3 aliphatic rings. The summed E-state index contributed by atoms with van der Waals surface area (Å²) in [5, 5.41) is 0. The Labute approximate surface area is 261 Å². The summed E-state index contributed by atoms with van der Waals surface area (Å²) >= 11 is 0. The van der Waals surface area contributed by atoms with Crippen molar-refractivity contribution in [1.82, 2.24) is 0 Å². The maximum atomic E-state index is 2.65. The number of rotatable bonds is 15. The van der Waals surface area contributed by atoms with E-state index in [4.69, 9.17) is 0 Å². The third kappa shape index (κ3) is 11.5. The minimum atomic E-state index is 0.856. The van der Waals surface area contributed by atoms with E-state index in [-0.39, 0.29) is 0 Å². The van der Waals surface area contributed by atoms with Crippen LogP contribution in [0.1, 0.15) is 185 Å². The van der Waals surface area contributed by atoms with E-state index >= 15 is 0 Å². The van der Waals surface area contributed by atoms with Gasteiger partial charge in [0, 0.05) is 0 Å². The van der Waals surface area contributed by atoms with Gasteiger partial charge in [-0.1, -0.05) is 134 Å². The molecule has 0 aromatic rings. The van der Waals surface area contributed by atoms with E-state index in [0.29, 0.717) is 0 Å². The number of hydrogen-bond donors (Lipinski definition) is 0. The van der Waals surface area contributed by atoms with Crippen molar-refractivity contribution < 1.29 is 0 Å². The van der Waals surface area contributed by atoms with Crippen LogP contribution in [0.4, 0.5) is 0 Å². The maximum Gasteiger partial charge on any atom is -0.0360 e. The molecule has 0 nitrogen and oxygen atoms in total. The molecule has 0 bridgehead atoms. The van der Waals surface area contributed by atoms with E-state index in [9.17, 15) is 0 Å². The van der Waals surface area contributed by atoms with Crippen molar-refractivity contribution >= 4 is 0 Å². The van der Waals surface area contributed by atoms with Crippen molar-refractivity contribution in [3.05, 3.63) is 0 Å². The van der Waals surface area contributed by atoms with Crippen LogP contribution in [-0.2, 0) is 0 Å². The van der Waals surface area contributed by atoms with Crippen molar-refractivity contribution in [3.63, 3.8) is 0 Å². The van der Waals surface area contributed by atoms with Crippen molar-refractivity contribution in [2.75, 3.05) is 0 Å². The van der Waals surface area contributed by atoms with Crippen LogP contribution in [-0.4, -0.2) is 0 Å². The van der Waals surface area contributed by atoms with Crippen molar-refractivity contribution in [2.24, 2.45) is 76.9 Å². The van der Waals surface area contributed by atoms with Gasteiger partial charge in [-0.25, -0.2) is 0 Å². The van der Waals surface area contributed by atoms with Gasteiger partial charge in [0.1, 0.15) is 0 Å². The zero-order valence-corrected chi connectivity index (χ0v) is 30.5. The second-order valence-corrected chi connectivity index (χ2v) is 16.5. The van der Waals surface area contributed by atoms with Gasteiger partial charge in [-0.2, -0.15) is 0 Å². The van der Waals surface area contributed by atoms with Crippen LogP contribution < -0.4 is 0 Å². The molecule has 9 atom stereocenters. The molecule has 0 amide bonds. The normalized spacial score (nSPS) is 33.7. The van der Waals surface area contributed by atoms with Gasteiger partial charge in [0.05, 0.1) is 0 Å². The van der Waals surface area contributed by atoms with Gasteiger partial charge in [-0.3, -0.25) is 0 Å². The molecule has 9 unspecified atom stereocenters. The molecule has 0 aliphatic heterocycles. The van der Waals surface area contributed by atoms with E-state index in [1.165, 1.54) is 96.3 Å². The van der Waals surface area contributed by atoms with E-state index in [2.05, 4.69) is 62.3 Å². The Kier molecular flexibility index (Phi) is 17.6. The molecule has 3 rings (SSSR count). The summed E-state index contributed by atoms with van der Waals surface area (Å²) in [6, 6.07) is 0.